The molecule has 23 heavy (non-hydrogen) atoms. The maximum absolute atomic E-state index is 12.5. The molecule has 1 aromatic rings. The first-order valence-corrected chi connectivity index (χ1v) is 10.1. The number of amides is 1. The summed E-state index contributed by atoms with van der Waals surface area (Å²) in [7, 11) is -3.24. The second-order valence-electron chi connectivity index (χ2n) is 6.13. The summed E-state index contributed by atoms with van der Waals surface area (Å²) in [5.41, 5.74) is 0.654. The molecule has 0 aliphatic heterocycles. The maximum Gasteiger partial charge on any atom is 0.242 e. The van der Waals surface area contributed by atoms with Crippen molar-refractivity contribution in [2.24, 2.45) is 0 Å². The second-order valence-corrected chi connectivity index (χ2v) is 8.14. The van der Waals surface area contributed by atoms with Crippen LogP contribution in [0, 0.1) is 0 Å². The Hall–Kier alpha value is -1.56. The molecule has 0 unspecified atom stereocenters. The van der Waals surface area contributed by atoms with Crippen LogP contribution in [0.4, 0.5) is 5.69 Å². The van der Waals surface area contributed by atoms with Crippen LogP contribution in [0.1, 0.15) is 39.0 Å². The number of hydrogen-bond donors (Lipinski definition) is 1. The fourth-order valence-electron chi connectivity index (χ4n) is 3.15. The monoisotopic (exact) mass is 338 g/mol. The van der Waals surface area contributed by atoms with Crippen molar-refractivity contribution in [3.8, 4) is 0 Å². The Kier molecular flexibility index (Phi) is 6.04. The zero-order chi connectivity index (χ0) is 16.9. The molecular formula is C17H26N2O3S. The molecule has 128 valence electrons. The van der Waals surface area contributed by atoms with Crippen LogP contribution in [-0.2, 0) is 14.6 Å². The average Bonchev–Trinajstić information content (AvgIpc) is 2.54. The van der Waals surface area contributed by atoms with Gasteiger partial charge in [0.15, 0.2) is 9.84 Å². The van der Waals surface area contributed by atoms with E-state index in [1.54, 1.807) is 24.3 Å². The number of rotatable bonds is 6. The highest BCUT2D eigenvalue weighted by molar-refractivity contribution is 7.90. The lowest BCUT2D eigenvalue weighted by molar-refractivity contribution is -0.132. The molecule has 6 heteroatoms. The van der Waals surface area contributed by atoms with Crippen LogP contribution >= 0.6 is 0 Å². The van der Waals surface area contributed by atoms with E-state index in [1.165, 1.54) is 25.5 Å². The van der Waals surface area contributed by atoms with E-state index in [-0.39, 0.29) is 17.3 Å². The minimum atomic E-state index is -3.24. The summed E-state index contributed by atoms with van der Waals surface area (Å²) in [5.74, 6) is 0.0733. The number of carbonyl (C=O) groups is 1. The lowest BCUT2D eigenvalue weighted by atomic mass is 9.94. The molecule has 0 aromatic heterocycles. The van der Waals surface area contributed by atoms with E-state index in [9.17, 15) is 13.2 Å². The van der Waals surface area contributed by atoms with Gasteiger partial charge in [-0.2, -0.15) is 0 Å². The molecule has 1 aliphatic rings. The van der Waals surface area contributed by atoms with Gasteiger partial charge in [0.1, 0.15) is 0 Å². The first kappa shape index (κ1) is 17.8. The van der Waals surface area contributed by atoms with Crippen LogP contribution in [0.25, 0.3) is 0 Å². The van der Waals surface area contributed by atoms with Gasteiger partial charge in [0, 0.05) is 24.5 Å². The van der Waals surface area contributed by atoms with Crippen molar-refractivity contribution in [3.63, 3.8) is 0 Å². The summed E-state index contributed by atoms with van der Waals surface area (Å²) in [6.07, 6.45) is 7.00. The highest BCUT2D eigenvalue weighted by Gasteiger charge is 2.23. The highest BCUT2D eigenvalue weighted by atomic mass is 32.2. The molecule has 1 fully saturated rings. The van der Waals surface area contributed by atoms with Gasteiger partial charge in [-0.25, -0.2) is 8.42 Å². The van der Waals surface area contributed by atoms with E-state index < -0.39 is 9.84 Å². The topological polar surface area (TPSA) is 66.5 Å². The predicted molar refractivity (Wildman–Crippen MR) is 92.3 cm³/mol. The first-order valence-electron chi connectivity index (χ1n) is 8.25. The molecule has 1 amide bonds. The van der Waals surface area contributed by atoms with Crippen molar-refractivity contribution in [1.82, 2.24) is 4.90 Å². The fourth-order valence-corrected chi connectivity index (χ4v) is 3.81. The van der Waals surface area contributed by atoms with E-state index in [0.717, 1.165) is 12.8 Å². The normalized spacial score (nSPS) is 16.1. The van der Waals surface area contributed by atoms with Crippen LogP contribution in [0.2, 0.25) is 0 Å². The molecule has 0 atom stereocenters. The Bertz CT molecular complexity index is 637. The smallest absolute Gasteiger partial charge is 0.242 e. The molecule has 1 aromatic carbocycles. The minimum absolute atomic E-state index is 0.0733. The second kappa shape index (κ2) is 7.81. The Labute approximate surface area is 139 Å². The Morgan fingerprint density at radius 3 is 2.57 bits per heavy atom. The summed E-state index contributed by atoms with van der Waals surface area (Å²) in [5, 5.41) is 3.06. The van der Waals surface area contributed by atoms with Crippen molar-refractivity contribution in [1.29, 1.82) is 0 Å². The van der Waals surface area contributed by atoms with Gasteiger partial charge < -0.3 is 10.2 Å². The molecule has 0 spiro atoms. The van der Waals surface area contributed by atoms with Crippen LogP contribution in [0.15, 0.2) is 29.2 Å². The molecule has 1 aliphatic carbocycles. The standard InChI is InChI=1S/C17H26N2O3S/c1-3-19(15-9-5-4-6-10-15)17(20)13-18-14-8-7-11-16(12-14)23(2,21)22/h7-8,11-12,15,18H,3-6,9-10,13H2,1-2H3. The van der Waals surface area contributed by atoms with Crippen molar-refractivity contribution < 1.29 is 13.2 Å². The summed E-state index contributed by atoms with van der Waals surface area (Å²) in [4.78, 5) is 14.7. The molecule has 1 N–H and O–H groups in total. The Balaban J connectivity index is 1.97. The van der Waals surface area contributed by atoms with E-state index in [2.05, 4.69) is 5.32 Å². The third-order valence-corrected chi connectivity index (χ3v) is 5.49. The predicted octanol–water partition coefficient (Wildman–Crippen LogP) is 2.68. The number of benzene rings is 1. The number of sulfone groups is 1. The molecule has 0 bridgehead atoms. The van der Waals surface area contributed by atoms with Crippen molar-refractivity contribution in [2.75, 3.05) is 24.7 Å². The van der Waals surface area contributed by atoms with Gasteiger partial charge in [-0.1, -0.05) is 25.3 Å². The molecule has 2 rings (SSSR count). The van der Waals surface area contributed by atoms with Crippen LogP contribution in [-0.4, -0.2) is 44.6 Å². The number of nitrogens with zero attached hydrogens (tertiary/aromatic N) is 1. The molecule has 0 heterocycles. The van der Waals surface area contributed by atoms with Gasteiger partial charge in [-0.15, -0.1) is 0 Å². The number of nitrogens with one attached hydrogen (secondary N) is 1. The summed E-state index contributed by atoms with van der Waals surface area (Å²) in [6.45, 7) is 2.92. The maximum atomic E-state index is 12.5. The van der Waals surface area contributed by atoms with E-state index in [0.29, 0.717) is 18.3 Å². The van der Waals surface area contributed by atoms with Gasteiger partial charge in [0.05, 0.1) is 11.4 Å². The lowest BCUT2D eigenvalue weighted by Crippen LogP contribution is -2.43. The van der Waals surface area contributed by atoms with Gasteiger partial charge >= 0.3 is 0 Å². The zero-order valence-corrected chi connectivity index (χ0v) is 14.7. The van der Waals surface area contributed by atoms with E-state index >= 15 is 0 Å². The molecular weight excluding hydrogens is 312 g/mol. The van der Waals surface area contributed by atoms with Gasteiger partial charge in [0.25, 0.3) is 0 Å². The third kappa shape index (κ3) is 4.96. The quantitative estimate of drug-likeness (QED) is 0.866. The largest absolute Gasteiger partial charge is 0.376 e. The number of hydrogen-bond acceptors (Lipinski definition) is 4. The SMILES string of the molecule is CCN(C(=O)CNc1cccc(S(C)(=O)=O)c1)C1CCCCC1. The number of likely N-dealkylation sites (N-methyl/N-ethyl adjacent to an activating group) is 1. The van der Waals surface area contributed by atoms with Crippen molar-refractivity contribution in [3.05, 3.63) is 24.3 Å². The van der Waals surface area contributed by atoms with Gasteiger partial charge in [-0.05, 0) is 38.0 Å². The van der Waals surface area contributed by atoms with Crippen LogP contribution < -0.4 is 5.32 Å². The molecule has 0 saturated heterocycles. The third-order valence-electron chi connectivity index (χ3n) is 4.38. The highest BCUT2D eigenvalue weighted by Crippen LogP contribution is 2.22. The van der Waals surface area contributed by atoms with Crippen molar-refractivity contribution >= 4 is 21.4 Å². The number of carbonyl (C=O) groups excluding carboxylic acids is 1. The van der Waals surface area contributed by atoms with E-state index in [4.69, 9.17) is 0 Å². The molecule has 1 saturated carbocycles. The fraction of sp³-hybridized carbons (Fsp3) is 0.588. The van der Waals surface area contributed by atoms with Gasteiger partial charge in [-0.3, -0.25) is 4.79 Å². The van der Waals surface area contributed by atoms with Crippen LogP contribution in [0.5, 0.6) is 0 Å². The summed E-state index contributed by atoms with van der Waals surface area (Å²) in [6, 6.07) is 6.94. The lowest BCUT2D eigenvalue weighted by Gasteiger charge is -2.33. The Morgan fingerprint density at radius 1 is 1.26 bits per heavy atom. The van der Waals surface area contributed by atoms with Crippen molar-refractivity contribution in [2.45, 2.75) is 50.0 Å². The van der Waals surface area contributed by atoms with Crippen LogP contribution in [0.3, 0.4) is 0 Å². The Morgan fingerprint density at radius 2 is 1.96 bits per heavy atom. The summed E-state index contributed by atoms with van der Waals surface area (Å²) < 4.78 is 23.2. The van der Waals surface area contributed by atoms with E-state index in [1.807, 2.05) is 11.8 Å². The minimum Gasteiger partial charge on any atom is -0.376 e. The number of anilines is 1. The molecule has 0 radical (unpaired) electrons. The average molecular weight is 338 g/mol. The first-order chi connectivity index (χ1) is 10.9. The molecule has 5 nitrogen and oxygen atoms in total. The van der Waals surface area contributed by atoms with Gasteiger partial charge in [0.2, 0.25) is 5.91 Å². The summed E-state index contributed by atoms with van der Waals surface area (Å²) >= 11 is 0. The zero-order valence-electron chi connectivity index (χ0n) is 13.9.